The van der Waals surface area contributed by atoms with Gasteiger partial charge >= 0.3 is 0 Å². The molecule has 2 heterocycles. The number of para-hydroxylation sites is 1. The molecule has 1 atom stereocenters. The number of aromatic nitrogens is 2. The third-order valence-electron chi connectivity index (χ3n) is 4.32. The van der Waals surface area contributed by atoms with Crippen LogP contribution in [0.3, 0.4) is 0 Å². The zero-order valence-corrected chi connectivity index (χ0v) is 14.2. The molecule has 1 fully saturated rings. The highest BCUT2D eigenvalue weighted by molar-refractivity contribution is 6.31. The molecule has 1 amide bonds. The molecule has 0 aliphatic carbocycles. The number of benzene rings is 2. The zero-order chi connectivity index (χ0) is 17.2. The fourth-order valence-electron chi connectivity index (χ4n) is 3.04. The first-order chi connectivity index (χ1) is 12.2. The Morgan fingerprint density at radius 3 is 2.64 bits per heavy atom. The summed E-state index contributed by atoms with van der Waals surface area (Å²) in [7, 11) is 0. The standard InChI is InChI=1S/C19H16ClN3O2/c20-16-9-5-4-6-13(16)10-17-21-22-19(25-17)14-11-18(24)23(12-14)15-7-2-1-3-8-15/h1-9,14H,10-12H2/t14-/m0/s1. The third-order valence-corrected chi connectivity index (χ3v) is 4.69. The molecular weight excluding hydrogens is 338 g/mol. The molecule has 0 bridgehead atoms. The highest BCUT2D eigenvalue weighted by Crippen LogP contribution is 2.31. The number of hydrogen-bond acceptors (Lipinski definition) is 4. The molecule has 0 spiro atoms. The monoisotopic (exact) mass is 353 g/mol. The van der Waals surface area contributed by atoms with E-state index in [-0.39, 0.29) is 11.8 Å². The maximum Gasteiger partial charge on any atom is 0.227 e. The van der Waals surface area contributed by atoms with Gasteiger partial charge in [0.25, 0.3) is 0 Å². The smallest absolute Gasteiger partial charge is 0.227 e. The zero-order valence-electron chi connectivity index (χ0n) is 13.4. The number of hydrogen-bond donors (Lipinski definition) is 0. The van der Waals surface area contributed by atoms with Gasteiger partial charge in [0.05, 0.1) is 12.3 Å². The lowest BCUT2D eigenvalue weighted by Crippen LogP contribution is -2.24. The van der Waals surface area contributed by atoms with Gasteiger partial charge in [-0.15, -0.1) is 10.2 Å². The Labute approximate surface area is 150 Å². The van der Waals surface area contributed by atoms with Crippen LogP contribution in [0.15, 0.2) is 59.0 Å². The number of amides is 1. The van der Waals surface area contributed by atoms with Gasteiger partial charge in [-0.2, -0.15) is 0 Å². The summed E-state index contributed by atoms with van der Waals surface area (Å²) < 4.78 is 5.80. The van der Waals surface area contributed by atoms with Crippen molar-refractivity contribution in [2.24, 2.45) is 0 Å². The van der Waals surface area contributed by atoms with Gasteiger partial charge in [-0.05, 0) is 23.8 Å². The largest absolute Gasteiger partial charge is 0.425 e. The second kappa shape index (κ2) is 6.69. The van der Waals surface area contributed by atoms with E-state index < -0.39 is 0 Å². The van der Waals surface area contributed by atoms with Crippen LogP contribution in [0.2, 0.25) is 5.02 Å². The minimum absolute atomic E-state index is 0.0713. The molecule has 0 unspecified atom stereocenters. The summed E-state index contributed by atoms with van der Waals surface area (Å²) in [5, 5.41) is 8.94. The van der Waals surface area contributed by atoms with Crippen molar-refractivity contribution in [1.29, 1.82) is 0 Å². The molecule has 1 aliphatic heterocycles. The summed E-state index contributed by atoms with van der Waals surface area (Å²) in [6.45, 7) is 0.552. The average Bonchev–Trinajstić information content (AvgIpc) is 3.24. The second-order valence-corrected chi connectivity index (χ2v) is 6.45. The van der Waals surface area contributed by atoms with E-state index in [1.807, 2.05) is 54.6 Å². The van der Waals surface area contributed by atoms with Crippen LogP contribution in [0.25, 0.3) is 0 Å². The highest BCUT2D eigenvalue weighted by Gasteiger charge is 2.34. The van der Waals surface area contributed by atoms with Crippen LogP contribution in [-0.2, 0) is 11.2 Å². The van der Waals surface area contributed by atoms with Crippen molar-refractivity contribution in [2.45, 2.75) is 18.8 Å². The molecule has 0 radical (unpaired) electrons. The fraction of sp³-hybridized carbons (Fsp3) is 0.211. The molecule has 3 aromatic rings. The van der Waals surface area contributed by atoms with Gasteiger partial charge in [0.15, 0.2) is 0 Å². The summed E-state index contributed by atoms with van der Waals surface area (Å²) >= 11 is 6.17. The lowest BCUT2D eigenvalue weighted by atomic mass is 10.1. The summed E-state index contributed by atoms with van der Waals surface area (Å²) in [5.41, 5.74) is 1.83. The first-order valence-corrected chi connectivity index (χ1v) is 8.49. The lowest BCUT2D eigenvalue weighted by Gasteiger charge is -2.15. The van der Waals surface area contributed by atoms with E-state index in [0.29, 0.717) is 36.2 Å². The van der Waals surface area contributed by atoms with Crippen molar-refractivity contribution in [3.8, 4) is 0 Å². The molecular formula is C19H16ClN3O2. The number of rotatable bonds is 4. The Bertz CT molecular complexity index is 894. The average molecular weight is 354 g/mol. The van der Waals surface area contributed by atoms with Gasteiger partial charge in [0.2, 0.25) is 17.7 Å². The number of nitrogens with zero attached hydrogens (tertiary/aromatic N) is 3. The molecule has 1 saturated heterocycles. The molecule has 2 aromatic carbocycles. The first-order valence-electron chi connectivity index (χ1n) is 8.12. The second-order valence-electron chi connectivity index (χ2n) is 6.04. The fourth-order valence-corrected chi connectivity index (χ4v) is 3.24. The summed E-state index contributed by atoms with van der Waals surface area (Å²) in [4.78, 5) is 14.1. The number of carbonyl (C=O) groups is 1. The Morgan fingerprint density at radius 2 is 1.84 bits per heavy atom. The van der Waals surface area contributed by atoms with E-state index in [1.165, 1.54) is 0 Å². The highest BCUT2D eigenvalue weighted by atomic mass is 35.5. The SMILES string of the molecule is O=C1C[C@H](c2nnc(Cc3ccccc3Cl)o2)CN1c1ccccc1. The Balaban J connectivity index is 1.49. The van der Waals surface area contributed by atoms with Gasteiger partial charge < -0.3 is 9.32 Å². The van der Waals surface area contributed by atoms with Crippen molar-refractivity contribution in [2.75, 3.05) is 11.4 Å². The van der Waals surface area contributed by atoms with Crippen LogP contribution in [0.1, 0.15) is 29.7 Å². The molecule has 1 aliphatic rings. The van der Waals surface area contributed by atoms with Crippen LogP contribution in [0.4, 0.5) is 5.69 Å². The van der Waals surface area contributed by atoms with E-state index in [2.05, 4.69) is 10.2 Å². The number of carbonyl (C=O) groups excluding carboxylic acids is 1. The van der Waals surface area contributed by atoms with Crippen molar-refractivity contribution >= 4 is 23.2 Å². The maximum absolute atomic E-state index is 12.3. The Hall–Kier alpha value is -2.66. The van der Waals surface area contributed by atoms with Gasteiger partial charge in [-0.3, -0.25) is 4.79 Å². The van der Waals surface area contributed by atoms with Gasteiger partial charge in [-0.25, -0.2) is 0 Å². The van der Waals surface area contributed by atoms with Crippen molar-refractivity contribution in [1.82, 2.24) is 10.2 Å². The molecule has 5 nitrogen and oxygen atoms in total. The van der Waals surface area contributed by atoms with Crippen LogP contribution < -0.4 is 4.90 Å². The molecule has 0 saturated carbocycles. The first kappa shape index (κ1) is 15.8. The summed E-state index contributed by atoms with van der Waals surface area (Å²) in [5.74, 6) is 1.00. The molecule has 1 aromatic heterocycles. The Kier molecular flexibility index (Phi) is 4.24. The van der Waals surface area contributed by atoms with E-state index in [4.69, 9.17) is 16.0 Å². The number of halogens is 1. The van der Waals surface area contributed by atoms with Gasteiger partial charge in [0, 0.05) is 23.7 Å². The van der Waals surface area contributed by atoms with Crippen LogP contribution in [0, 0.1) is 0 Å². The quantitative estimate of drug-likeness (QED) is 0.715. The molecule has 126 valence electrons. The van der Waals surface area contributed by atoms with Crippen molar-refractivity contribution in [3.05, 3.63) is 77.0 Å². The maximum atomic E-state index is 12.3. The minimum atomic E-state index is -0.0831. The van der Waals surface area contributed by atoms with Crippen LogP contribution in [-0.4, -0.2) is 22.6 Å². The normalized spacial score (nSPS) is 17.2. The van der Waals surface area contributed by atoms with Gasteiger partial charge in [-0.1, -0.05) is 48.0 Å². The van der Waals surface area contributed by atoms with E-state index in [9.17, 15) is 4.79 Å². The minimum Gasteiger partial charge on any atom is -0.425 e. The predicted molar refractivity (Wildman–Crippen MR) is 94.7 cm³/mol. The van der Waals surface area contributed by atoms with E-state index in [1.54, 1.807) is 4.90 Å². The lowest BCUT2D eigenvalue weighted by molar-refractivity contribution is -0.117. The molecule has 0 N–H and O–H groups in total. The van der Waals surface area contributed by atoms with Crippen molar-refractivity contribution < 1.29 is 9.21 Å². The molecule has 6 heteroatoms. The summed E-state index contributed by atoms with van der Waals surface area (Å²) in [6, 6.07) is 17.2. The number of anilines is 1. The van der Waals surface area contributed by atoms with Gasteiger partial charge in [0.1, 0.15) is 0 Å². The summed E-state index contributed by atoms with van der Waals surface area (Å²) in [6.07, 6.45) is 0.859. The van der Waals surface area contributed by atoms with E-state index in [0.717, 1.165) is 11.3 Å². The third kappa shape index (κ3) is 3.28. The van der Waals surface area contributed by atoms with Crippen LogP contribution in [0.5, 0.6) is 0 Å². The Morgan fingerprint density at radius 1 is 1.08 bits per heavy atom. The molecule has 4 rings (SSSR count). The van der Waals surface area contributed by atoms with Crippen LogP contribution >= 0.6 is 11.6 Å². The van der Waals surface area contributed by atoms with E-state index >= 15 is 0 Å². The predicted octanol–water partition coefficient (Wildman–Crippen LogP) is 3.83. The van der Waals surface area contributed by atoms with Crippen molar-refractivity contribution in [3.63, 3.8) is 0 Å². The molecule has 25 heavy (non-hydrogen) atoms. The topological polar surface area (TPSA) is 59.2 Å².